The highest BCUT2D eigenvalue weighted by molar-refractivity contribution is 5.22. The molecule has 0 saturated heterocycles. The van der Waals surface area contributed by atoms with Crippen molar-refractivity contribution in [1.82, 2.24) is 14.9 Å². The van der Waals surface area contributed by atoms with Crippen LogP contribution in [-0.2, 0) is 19.4 Å². The van der Waals surface area contributed by atoms with E-state index >= 15 is 0 Å². The van der Waals surface area contributed by atoms with Crippen molar-refractivity contribution in [3.05, 3.63) is 17.2 Å². The minimum atomic E-state index is 0.280. The van der Waals surface area contributed by atoms with Gasteiger partial charge in [0.2, 0.25) is 0 Å². The van der Waals surface area contributed by atoms with Gasteiger partial charge in [0.15, 0.2) is 0 Å². The van der Waals surface area contributed by atoms with Crippen LogP contribution >= 0.6 is 0 Å². The molecule has 1 unspecified atom stereocenters. The van der Waals surface area contributed by atoms with Crippen LogP contribution in [0.5, 0.6) is 0 Å². The highest BCUT2D eigenvalue weighted by atomic mass is 15.1. The summed E-state index contributed by atoms with van der Waals surface area (Å²) in [5, 5.41) is 3.43. The lowest BCUT2D eigenvalue weighted by molar-refractivity contribution is 0.251. The van der Waals surface area contributed by atoms with Gasteiger partial charge in [-0.15, -0.1) is 0 Å². The minimum Gasteiger partial charge on any atom is -0.328 e. The van der Waals surface area contributed by atoms with E-state index in [4.69, 9.17) is 4.98 Å². The molecule has 1 aromatic rings. The zero-order chi connectivity index (χ0) is 13.3. The Morgan fingerprint density at radius 3 is 2.72 bits per heavy atom. The van der Waals surface area contributed by atoms with Crippen molar-refractivity contribution in [2.24, 2.45) is 5.41 Å². The van der Waals surface area contributed by atoms with E-state index in [1.807, 2.05) is 0 Å². The minimum absolute atomic E-state index is 0.280. The standard InChI is InChI=1S/C15H27N3/c1-6-7-14-17-12-10-16-9-8-13(12)18(14)11(2)15(3,4)5/h11,16H,6-10H2,1-5H3. The predicted octanol–water partition coefficient (Wildman–Crippen LogP) is 3.09. The van der Waals surface area contributed by atoms with E-state index in [9.17, 15) is 0 Å². The van der Waals surface area contributed by atoms with Crippen LogP contribution in [0.3, 0.4) is 0 Å². The fraction of sp³-hybridized carbons (Fsp3) is 0.800. The van der Waals surface area contributed by atoms with Crippen LogP contribution in [0.4, 0.5) is 0 Å². The lowest BCUT2D eigenvalue weighted by Gasteiger charge is -2.32. The maximum Gasteiger partial charge on any atom is 0.109 e. The second kappa shape index (κ2) is 5.04. The van der Waals surface area contributed by atoms with Crippen LogP contribution in [0.1, 0.15) is 64.3 Å². The number of hydrogen-bond donors (Lipinski definition) is 1. The van der Waals surface area contributed by atoms with Crippen molar-refractivity contribution in [2.75, 3.05) is 6.54 Å². The largest absolute Gasteiger partial charge is 0.328 e. The van der Waals surface area contributed by atoms with Crippen LogP contribution < -0.4 is 5.32 Å². The van der Waals surface area contributed by atoms with Gasteiger partial charge in [-0.1, -0.05) is 27.7 Å². The van der Waals surface area contributed by atoms with E-state index in [0.717, 1.165) is 25.9 Å². The zero-order valence-electron chi connectivity index (χ0n) is 12.5. The molecule has 0 aromatic carbocycles. The van der Waals surface area contributed by atoms with Gasteiger partial charge in [-0.25, -0.2) is 4.98 Å². The molecule has 2 heterocycles. The molecule has 1 aliphatic rings. The summed E-state index contributed by atoms with van der Waals surface area (Å²) in [5.74, 6) is 1.29. The Morgan fingerprint density at radius 1 is 1.39 bits per heavy atom. The van der Waals surface area contributed by atoms with Gasteiger partial charge >= 0.3 is 0 Å². The second-order valence-corrected chi connectivity index (χ2v) is 6.51. The van der Waals surface area contributed by atoms with Gasteiger partial charge in [0.05, 0.1) is 5.69 Å². The first kappa shape index (κ1) is 13.6. The van der Waals surface area contributed by atoms with Gasteiger partial charge in [-0.05, 0) is 18.8 Å². The topological polar surface area (TPSA) is 29.9 Å². The maximum absolute atomic E-state index is 4.88. The molecule has 102 valence electrons. The van der Waals surface area contributed by atoms with Crippen LogP contribution in [-0.4, -0.2) is 16.1 Å². The summed E-state index contributed by atoms with van der Waals surface area (Å²) in [6.07, 6.45) is 3.38. The third-order valence-corrected chi connectivity index (χ3v) is 4.11. The molecule has 0 radical (unpaired) electrons. The van der Waals surface area contributed by atoms with Gasteiger partial charge < -0.3 is 9.88 Å². The molecule has 0 fully saturated rings. The lowest BCUT2D eigenvalue weighted by Crippen LogP contribution is -2.29. The van der Waals surface area contributed by atoms with Gasteiger partial charge in [-0.2, -0.15) is 0 Å². The summed E-state index contributed by atoms with van der Waals surface area (Å²) >= 11 is 0. The van der Waals surface area contributed by atoms with E-state index < -0.39 is 0 Å². The van der Waals surface area contributed by atoms with E-state index in [1.54, 1.807) is 0 Å². The zero-order valence-corrected chi connectivity index (χ0v) is 12.5. The Kier molecular flexibility index (Phi) is 3.81. The van der Waals surface area contributed by atoms with Gasteiger partial charge in [-0.3, -0.25) is 0 Å². The van der Waals surface area contributed by atoms with E-state index in [2.05, 4.69) is 44.5 Å². The molecule has 0 spiro atoms. The highest BCUT2D eigenvalue weighted by Gasteiger charge is 2.28. The first-order valence-electron chi connectivity index (χ1n) is 7.24. The van der Waals surface area contributed by atoms with Gasteiger partial charge in [0, 0.05) is 37.7 Å². The average Bonchev–Trinajstić information content (AvgIpc) is 2.65. The molecule has 3 nitrogen and oxygen atoms in total. The summed E-state index contributed by atoms with van der Waals surface area (Å²) in [4.78, 5) is 4.88. The Morgan fingerprint density at radius 2 is 2.11 bits per heavy atom. The smallest absolute Gasteiger partial charge is 0.109 e. The monoisotopic (exact) mass is 249 g/mol. The first-order chi connectivity index (χ1) is 8.45. The van der Waals surface area contributed by atoms with E-state index in [1.165, 1.54) is 23.6 Å². The Balaban J connectivity index is 2.45. The summed E-state index contributed by atoms with van der Waals surface area (Å²) in [5.41, 5.74) is 3.03. The van der Waals surface area contributed by atoms with Crippen LogP contribution in [0.2, 0.25) is 0 Å². The number of nitrogens with one attached hydrogen (secondary N) is 1. The fourth-order valence-electron chi connectivity index (χ4n) is 2.63. The maximum atomic E-state index is 4.88. The SMILES string of the molecule is CCCc1nc2c(n1C(C)C(C)(C)C)CCNC2. The van der Waals surface area contributed by atoms with Crippen LogP contribution in [0.15, 0.2) is 0 Å². The van der Waals surface area contributed by atoms with Crippen molar-refractivity contribution >= 4 is 0 Å². The fourth-order valence-corrected chi connectivity index (χ4v) is 2.63. The lowest BCUT2D eigenvalue weighted by atomic mass is 9.87. The molecule has 0 saturated carbocycles. The number of aryl methyl sites for hydroxylation is 1. The normalized spacial score (nSPS) is 17.6. The number of fused-ring (bicyclic) bond motifs is 1. The third kappa shape index (κ3) is 2.46. The van der Waals surface area contributed by atoms with Crippen molar-refractivity contribution in [2.45, 2.75) is 66.5 Å². The van der Waals surface area contributed by atoms with E-state index in [0.29, 0.717) is 6.04 Å². The third-order valence-electron chi connectivity index (χ3n) is 4.11. The Bertz CT molecular complexity index is 412. The summed E-state index contributed by atoms with van der Waals surface area (Å²) < 4.78 is 2.53. The molecule has 3 heteroatoms. The number of imidazole rings is 1. The molecular formula is C15H27N3. The quantitative estimate of drug-likeness (QED) is 0.892. The van der Waals surface area contributed by atoms with Gasteiger partial charge in [0.25, 0.3) is 0 Å². The molecule has 18 heavy (non-hydrogen) atoms. The van der Waals surface area contributed by atoms with E-state index in [-0.39, 0.29) is 5.41 Å². The Hall–Kier alpha value is -0.830. The molecule has 1 aliphatic heterocycles. The average molecular weight is 249 g/mol. The molecule has 2 rings (SSSR count). The van der Waals surface area contributed by atoms with Crippen LogP contribution in [0, 0.1) is 5.41 Å². The van der Waals surface area contributed by atoms with Crippen molar-refractivity contribution < 1.29 is 0 Å². The Labute approximate surface area is 111 Å². The summed E-state index contributed by atoms with van der Waals surface area (Å²) in [7, 11) is 0. The molecule has 1 aromatic heterocycles. The first-order valence-corrected chi connectivity index (χ1v) is 7.24. The van der Waals surface area contributed by atoms with Crippen molar-refractivity contribution in [1.29, 1.82) is 0 Å². The second-order valence-electron chi connectivity index (χ2n) is 6.51. The highest BCUT2D eigenvalue weighted by Crippen LogP contribution is 2.34. The van der Waals surface area contributed by atoms with Crippen molar-refractivity contribution in [3.8, 4) is 0 Å². The van der Waals surface area contributed by atoms with Crippen LogP contribution in [0.25, 0.3) is 0 Å². The van der Waals surface area contributed by atoms with Gasteiger partial charge in [0.1, 0.15) is 5.82 Å². The number of rotatable bonds is 3. The molecule has 0 amide bonds. The summed E-state index contributed by atoms with van der Waals surface area (Å²) in [6.45, 7) is 13.6. The number of hydrogen-bond acceptors (Lipinski definition) is 2. The molecule has 1 atom stereocenters. The number of nitrogens with zero attached hydrogens (tertiary/aromatic N) is 2. The molecule has 0 bridgehead atoms. The molecule has 0 aliphatic carbocycles. The molecule has 1 N–H and O–H groups in total. The predicted molar refractivity (Wildman–Crippen MR) is 75.8 cm³/mol. The summed E-state index contributed by atoms with van der Waals surface area (Å²) in [6, 6.07) is 0.508. The molecular weight excluding hydrogens is 222 g/mol. The van der Waals surface area contributed by atoms with Crippen molar-refractivity contribution in [3.63, 3.8) is 0 Å². The number of aromatic nitrogens is 2.